The number of hydrogen-bond donors (Lipinski definition) is 2. The van der Waals surface area contributed by atoms with Gasteiger partial charge in [0.15, 0.2) is 6.04 Å². The van der Waals surface area contributed by atoms with Crippen molar-refractivity contribution in [2.75, 3.05) is 0 Å². The van der Waals surface area contributed by atoms with Gasteiger partial charge < -0.3 is 10.6 Å². The maximum atomic E-state index is 12.0. The average molecular weight is 289 g/mol. The molecule has 2 rings (SSSR count). The number of benzene rings is 1. The van der Waals surface area contributed by atoms with E-state index >= 15 is 0 Å². The summed E-state index contributed by atoms with van der Waals surface area (Å²) in [5.74, 6) is 0.120. The van der Waals surface area contributed by atoms with Gasteiger partial charge in [-0.2, -0.15) is 0 Å². The zero-order valence-electron chi connectivity index (χ0n) is 13.8. The molecule has 1 aliphatic carbocycles. The maximum Gasteiger partial charge on any atom is 0.278 e. The molecule has 0 saturated heterocycles. The van der Waals surface area contributed by atoms with Crippen LogP contribution in [0.5, 0.6) is 0 Å². The fourth-order valence-electron chi connectivity index (χ4n) is 3.08. The molecule has 0 saturated carbocycles. The molecule has 3 heteroatoms. The van der Waals surface area contributed by atoms with E-state index < -0.39 is 0 Å². The summed E-state index contributed by atoms with van der Waals surface area (Å²) in [7, 11) is 0. The lowest BCUT2D eigenvalue weighted by Gasteiger charge is -2.21. The van der Waals surface area contributed by atoms with Crippen molar-refractivity contribution in [2.45, 2.75) is 71.5 Å². The SMILES string of the molecule is CC(C)NC(=O)[C@@H](C)[NH2+][C@@H](C)c1ccc2c(c1)CCCC2. The summed E-state index contributed by atoms with van der Waals surface area (Å²) in [5, 5.41) is 5.13. The molecule has 0 fully saturated rings. The normalized spacial score (nSPS) is 17.2. The van der Waals surface area contributed by atoms with Crippen LogP contribution in [-0.4, -0.2) is 18.0 Å². The number of hydrogen-bond acceptors (Lipinski definition) is 1. The second-order valence-electron chi connectivity index (χ2n) is 6.67. The highest BCUT2D eigenvalue weighted by Gasteiger charge is 2.21. The van der Waals surface area contributed by atoms with E-state index in [2.05, 4.69) is 35.8 Å². The maximum absolute atomic E-state index is 12.0. The van der Waals surface area contributed by atoms with Crippen molar-refractivity contribution in [1.82, 2.24) is 5.32 Å². The smallest absolute Gasteiger partial charge is 0.278 e. The van der Waals surface area contributed by atoms with E-state index in [-0.39, 0.29) is 18.0 Å². The Kier molecular flexibility index (Phi) is 5.40. The Hall–Kier alpha value is -1.35. The van der Waals surface area contributed by atoms with Gasteiger partial charge in [-0.3, -0.25) is 4.79 Å². The number of carbonyl (C=O) groups is 1. The fourth-order valence-corrected chi connectivity index (χ4v) is 3.08. The molecule has 21 heavy (non-hydrogen) atoms. The standard InChI is InChI=1S/C18H28N2O/c1-12(2)19-18(21)14(4)20-13(3)16-10-9-15-7-5-6-8-17(15)11-16/h9-14,20H,5-8H2,1-4H3,(H,19,21)/p+1/t13-,14+/m0/s1. The van der Waals surface area contributed by atoms with Gasteiger partial charge in [-0.05, 0) is 70.6 Å². The van der Waals surface area contributed by atoms with Gasteiger partial charge in [0.25, 0.3) is 5.91 Å². The molecule has 0 heterocycles. The van der Waals surface area contributed by atoms with Crippen molar-refractivity contribution >= 4 is 5.91 Å². The van der Waals surface area contributed by atoms with Gasteiger partial charge in [0.2, 0.25) is 0 Å². The van der Waals surface area contributed by atoms with Crippen LogP contribution >= 0.6 is 0 Å². The Morgan fingerprint density at radius 2 is 1.76 bits per heavy atom. The monoisotopic (exact) mass is 289 g/mol. The van der Waals surface area contributed by atoms with Gasteiger partial charge in [0.05, 0.1) is 0 Å². The van der Waals surface area contributed by atoms with Crippen molar-refractivity contribution in [1.29, 1.82) is 0 Å². The Morgan fingerprint density at radius 3 is 2.43 bits per heavy atom. The van der Waals surface area contributed by atoms with Gasteiger partial charge in [-0.1, -0.05) is 12.1 Å². The summed E-state index contributed by atoms with van der Waals surface area (Å²) in [5.41, 5.74) is 4.36. The highest BCUT2D eigenvalue weighted by atomic mass is 16.2. The van der Waals surface area contributed by atoms with Crippen LogP contribution in [-0.2, 0) is 17.6 Å². The number of amides is 1. The molecule has 3 nitrogen and oxygen atoms in total. The summed E-state index contributed by atoms with van der Waals surface area (Å²) in [6.07, 6.45) is 5.06. The van der Waals surface area contributed by atoms with Crippen LogP contribution in [0.2, 0.25) is 0 Å². The number of fused-ring (bicyclic) bond motifs is 1. The molecule has 0 bridgehead atoms. The molecule has 1 aromatic rings. The topological polar surface area (TPSA) is 45.7 Å². The van der Waals surface area contributed by atoms with E-state index in [1.54, 1.807) is 0 Å². The van der Waals surface area contributed by atoms with Crippen molar-refractivity contribution in [3.8, 4) is 0 Å². The third kappa shape index (κ3) is 4.31. The van der Waals surface area contributed by atoms with Crippen molar-refractivity contribution in [2.24, 2.45) is 0 Å². The van der Waals surface area contributed by atoms with E-state index in [1.807, 2.05) is 20.8 Å². The molecule has 0 spiro atoms. The molecule has 0 aliphatic heterocycles. The fraction of sp³-hybridized carbons (Fsp3) is 0.611. The van der Waals surface area contributed by atoms with Crippen LogP contribution in [0.1, 0.15) is 63.3 Å². The predicted octanol–water partition coefficient (Wildman–Crippen LogP) is 2.10. The number of aryl methyl sites for hydroxylation is 2. The minimum absolute atomic E-state index is 0.0570. The molecule has 0 radical (unpaired) electrons. The minimum Gasteiger partial charge on any atom is -0.349 e. The van der Waals surface area contributed by atoms with Crippen LogP contribution < -0.4 is 10.6 Å². The first-order valence-corrected chi connectivity index (χ1v) is 8.24. The van der Waals surface area contributed by atoms with Crippen LogP contribution in [0.4, 0.5) is 0 Å². The third-order valence-corrected chi connectivity index (χ3v) is 4.32. The highest BCUT2D eigenvalue weighted by Crippen LogP contribution is 2.23. The first kappa shape index (κ1) is 16.0. The number of carbonyl (C=O) groups excluding carboxylic acids is 1. The van der Waals surface area contributed by atoms with E-state index in [1.165, 1.54) is 42.4 Å². The number of nitrogens with one attached hydrogen (secondary N) is 1. The minimum atomic E-state index is -0.0570. The lowest BCUT2D eigenvalue weighted by atomic mass is 9.89. The quantitative estimate of drug-likeness (QED) is 0.857. The summed E-state index contributed by atoms with van der Waals surface area (Å²) < 4.78 is 0. The number of rotatable bonds is 5. The summed E-state index contributed by atoms with van der Waals surface area (Å²) in [4.78, 5) is 12.0. The van der Waals surface area contributed by atoms with Crippen LogP contribution in [0.15, 0.2) is 18.2 Å². The van der Waals surface area contributed by atoms with Gasteiger partial charge >= 0.3 is 0 Å². The molecule has 3 N–H and O–H groups in total. The molecule has 0 unspecified atom stereocenters. The molecule has 1 amide bonds. The lowest BCUT2D eigenvalue weighted by Crippen LogP contribution is -2.92. The van der Waals surface area contributed by atoms with Crippen LogP contribution in [0.3, 0.4) is 0 Å². The van der Waals surface area contributed by atoms with Gasteiger partial charge in [0.1, 0.15) is 6.04 Å². The molecular formula is C18H29N2O+. The number of quaternary nitrogens is 1. The molecule has 116 valence electrons. The first-order chi connectivity index (χ1) is 9.97. The van der Waals surface area contributed by atoms with E-state index in [9.17, 15) is 4.79 Å². The van der Waals surface area contributed by atoms with E-state index in [0.29, 0.717) is 6.04 Å². The molecule has 0 aromatic heterocycles. The van der Waals surface area contributed by atoms with Crippen LogP contribution in [0.25, 0.3) is 0 Å². The largest absolute Gasteiger partial charge is 0.349 e. The van der Waals surface area contributed by atoms with E-state index in [4.69, 9.17) is 0 Å². The Balaban J connectivity index is 1.99. The zero-order valence-corrected chi connectivity index (χ0v) is 13.8. The summed E-state index contributed by atoms with van der Waals surface area (Å²) in [6.45, 7) is 8.16. The van der Waals surface area contributed by atoms with Gasteiger partial charge in [-0.15, -0.1) is 0 Å². The van der Waals surface area contributed by atoms with Crippen molar-refractivity contribution < 1.29 is 10.1 Å². The molecule has 1 aromatic carbocycles. The number of nitrogens with two attached hydrogens (primary N) is 1. The zero-order chi connectivity index (χ0) is 15.4. The van der Waals surface area contributed by atoms with Crippen LogP contribution in [0, 0.1) is 0 Å². The highest BCUT2D eigenvalue weighted by molar-refractivity contribution is 5.80. The Bertz CT molecular complexity index is 496. The van der Waals surface area contributed by atoms with Gasteiger partial charge in [0, 0.05) is 11.6 Å². The summed E-state index contributed by atoms with van der Waals surface area (Å²) in [6, 6.07) is 7.32. The second kappa shape index (κ2) is 7.08. The Labute approximate surface area is 128 Å². The van der Waals surface area contributed by atoms with E-state index in [0.717, 1.165) is 0 Å². The molecule has 2 atom stereocenters. The molecule has 1 aliphatic rings. The lowest BCUT2D eigenvalue weighted by molar-refractivity contribution is -0.710. The average Bonchev–Trinajstić information content (AvgIpc) is 2.45. The Morgan fingerprint density at radius 1 is 1.10 bits per heavy atom. The first-order valence-electron chi connectivity index (χ1n) is 8.24. The summed E-state index contributed by atoms with van der Waals surface area (Å²) >= 11 is 0. The van der Waals surface area contributed by atoms with Crippen molar-refractivity contribution in [3.05, 3.63) is 34.9 Å². The van der Waals surface area contributed by atoms with Crippen molar-refractivity contribution in [3.63, 3.8) is 0 Å². The van der Waals surface area contributed by atoms with Gasteiger partial charge in [-0.25, -0.2) is 0 Å². The molecular weight excluding hydrogens is 260 g/mol. The predicted molar refractivity (Wildman–Crippen MR) is 86.2 cm³/mol. The second-order valence-corrected chi connectivity index (χ2v) is 6.67. The third-order valence-electron chi connectivity index (χ3n) is 4.32.